The molecular weight excluding hydrogens is 396 g/mol. The quantitative estimate of drug-likeness (QED) is 0.640. The van der Waals surface area contributed by atoms with E-state index in [1.54, 1.807) is 12.1 Å². The first-order valence-corrected chi connectivity index (χ1v) is 10.1. The van der Waals surface area contributed by atoms with Gasteiger partial charge in [0, 0.05) is 44.5 Å². The Kier molecular flexibility index (Phi) is 6.27. The number of hydrogen-bond donors (Lipinski definition) is 1. The Morgan fingerprint density at radius 3 is 2.61 bits per heavy atom. The summed E-state index contributed by atoms with van der Waals surface area (Å²) >= 11 is 0. The number of nitrogens with zero attached hydrogens (tertiary/aromatic N) is 7. The number of aromatic nitrogens is 5. The molecule has 0 spiro atoms. The number of rotatable bonds is 6. The van der Waals surface area contributed by atoms with E-state index in [0.717, 1.165) is 26.2 Å². The molecule has 1 amide bonds. The van der Waals surface area contributed by atoms with Crippen LogP contribution in [-0.4, -0.2) is 69.0 Å². The molecule has 0 bridgehead atoms. The number of nitrogens with one attached hydrogen (secondary N) is 1. The van der Waals surface area contributed by atoms with Gasteiger partial charge in [-0.1, -0.05) is 25.1 Å². The minimum atomic E-state index is -0.383. The maximum atomic E-state index is 12.8. The Morgan fingerprint density at radius 1 is 1.10 bits per heavy atom. The summed E-state index contributed by atoms with van der Waals surface area (Å²) in [5.41, 5.74) is 0.846. The van der Waals surface area contributed by atoms with E-state index >= 15 is 0 Å². The van der Waals surface area contributed by atoms with Crippen molar-refractivity contribution in [1.29, 1.82) is 0 Å². The van der Waals surface area contributed by atoms with Gasteiger partial charge in [0.15, 0.2) is 0 Å². The van der Waals surface area contributed by atoms with Gasteiger partial charge in [-0.25, -0.2) is 9.97 Å². The molecule has 10 nitrogen and oxygen atoms in total. The van der Waals surface area contributed by atoms with Crippen LogP contribution in [0.2, 0.25) is 0 Å². The van der Waals surface area contributed by atoms with Gasteiger partial charge in [-0.2, -0.15) is 15.0 Å². The van der Waals surface area contributed by atoms with Crippen LogP contribution in [0.25, 0.3) is 0 Å². The van der Waals surface area contributed by atoms with E-state index in [-0.39, 0.29) is 23.4 Å². The molecule has 1 aliphatic rings. The highest BCUT2D eigenvalue weighted by atomic mass is 16.5. The van der Waals surface area contributed by atoms with Crippen LogP contribution in [0.4, 0.5) is 11.6 Å². The summed E-state index contributed by atoms with van der Waals surface area (Å²) in [5, 5.41) is 2.81. The van der Waals surface area contributed by atoms with Gasteiger partial charge in [0.1, 0.15) is 17.7 Å². The first-order valence-electron chi connectivity index (χ1n) is 10.1. The average molecular weight is 420 g/mol. The number of para-hydroxylation sites is 1. The van der Waals surface area contributed by atoms with Crippen LogP contribution in [-0.2, 0) is 6.42 Å². The molecule has 160 valence electrons. The van der Waals surface area contributed by atoms with E-state index in [0.29, 0.717) is 23.9 Å². The standard InChI is InChI=1S/C21H24N8O2/c1-3-17-25-20(29-11-9-28(2)10-12-29)27-21(26-17)31-19-16(13-22-14-23-19)18(30)24-15-7-5-4-6-8-15/h4-8,13-14H,3,9-12H2,1-2H3,(H,24,30). The molecule has 0 atom stereocenters. The Morgan fingerprint density at radius 2 is 1.87 bits per heavy atom. The van der Waals surface area contributed by atoms with Crippen LogP contribution < -0.4 is 15.0 Å². The second-order valence-corrected chi connectivity index (χ2v) is 7.14. The van der Waals surface area contributed by atoms with Gasteiger partial charge in [0.25, 0.3) is 5.91 Å². The smallest absolute Gasteiger partial charge is 0.328 e. The Labute approximate surface area is 180 Å². The molecule has 3 heterocycles. The SMILES string of the molecule is CCc1nc(Oc2ncncc2C(=O)Nc2ccccc2)nc(N2CCN(C)CC2)n1. The van der Waals surface area contributed by atoms with Crippen LogP contribution in [0, 0.1) is 0 Å². The van der Waals surface area contributed by atoms with Crippen molar-refractivity contribution in [3.8, 4) is 11.9 Å². The third-order valence-corrected chi connectivity index (χ3v) is 4.89. The fraction of sp³-hybridized carbons (Fsp3) is 0.333. The summed E-state index contributed by atoms with van der Waals surface area (Å²) in [6.45, 7) is 5.47. The van der Waals surface area contributed by atoms with Crippen molar-refractivity contribution >= 4 is 17.5 Å². The number of amides is 1. The maximum absolute atomic E-state index is 12.8. The van der Waals surface area contributed by atoms with E-state index in [1.807, 2.05) is 25.1 Å². The molecule has 1 fully saturated rings. The Hall–Kier alpha value is -3.66. The number of aryl methyl sites for hydroxylation is 1. The topological polar surface area (TPSA) is 109 Å². The van der Waals surface area contributed by atoms with E-state index in [2.05, 4.69) is 47.1 Å². The number of hydrogen-bond acceptors (Lipinski definition) is 9. The largest absolute Gasteiger partial charge is 0.404 e. The van der Waals surface area contributed by atoms with Crippen LogP contribution in [0.15, 0.2) is 42.9 Å². The fourth-order valence-corrected chi connectivity index (χ4v) is 3.10. The van der Waals surface area contributed by atoms with E-state index < -0.39 is 0 Å². The molecule has 1 aromatic carbocycles. The third kappa shape index (κ3) is 5.10. The van der Waals surface area contributed by atoms with Gasteiger partial charge in [-0.3, -0.25) is 4.79 Å². The third-order valence-electron chi connectivity index (χ3n) is 4.89. The average Bonchev–Trinajstić information content (AvgIpc) is 2.80. The van der Waals surface area contributed by atoms with Gasteiger partial charge >= 0.3 is 6.01 Å². The van der Waals surface area contributed by atoms with Crippen molar-refractivity contribution in [2.24, 2.45) is 0 Å². The van der Waals surface area contributed by atoms with Gasteiger partial charge in [-0.05, 0) is 19.2 Å². The second-order valence-electron chi connectivity index (χ2n) is 7.14. The van der Waals surface area contributed by atoms with Crippen molar-refractivity contribution in [2.75, 3.05) is 43.4 Å². The summed E-state index contributed by atoms with van der Waals surface area (Å²) in [5.74, 6) is 0.884. The molecule has 2 aromatic heterocycles. The molecule has 31 heavy (non-hydrogen) atoms. The van der Waals surface area contributed by atoms with Crippen molar-refractivity contribution in [2.45, 2.75) is 13.3 Å². The van der Waals surface area contributed by atoms with Crippen LogP contribution in [0.5, 0.6) is 11.9 Å². The lowest BCUT2D eigenvalue weighted by molar-refractivity contribution is 0.102. The summed E-state index contributed by atoms with van der Waals surface area (Å²) < 4.78 is 5.85. The zero-order chi connectivity index (χ0) is 21.6. The molecule has 0 unspecified atom stereocenters. The van der Waals surface area contributed by atoms with E-state index in [4.69, 9.17) is 4.74 Å². The van der Waals surface area contributed by atoms with Crippen molar-refractivity contribution < 1.29 is 9.53 Å². The molecule has 10 heteroatoms. The lowest BCUT2D eigenvalue weighted by Gasteiger charge is -2.32. The molecule has 1 N–H and O–H groups in total. The van der Waals surface area contributed by atoms with Gasteiger partial charge < -0.3 is 19.9 Å². The molecule has 1 aliphatic heterocycles. The summed E-state index contributed by atoms with van der Waals surface area (Å²) in [6, 6.07) is 9.25. The zero-order valence-electron chi connectivity index (χ0n) is 17.5. The highest BCUT2D eigenvalue weighted by Crippen LogP contribution is 2.23. The molecule has 0 saturated carbocycles. The molecule has 1 saturated heterocycles. The van der Waals surface area contributed by atoms with Gasteiger partial charge in [0.05, 0.1) is 0 Å². The number of ether oxygens (including phenoxy) is 1. The number of carbonyl (C=O) groups excluding carboxylic acids is 1. The Bertz CT molecular complexity index is 1040. The summed E-state index contributed by atoms with van der Waals surface area (Å²) in [4.78, 5) is 38.6. The first-order chi connectivity index (χ1) is 15.1. The minimum Gasteiger partial charge on any atom is -0.404 e. The lowest BCUT2D eigenvalue weighted by atomic mass is 10.2. The molecule has 3 aromatic rings. The maximum Gasteiger partial charge on any atom is 0.328 e. The zero-order valence-corrected chi connectivity index (χ0v) is 17.5. The number of likely N-dealkylation sites (N-methyl/N-ethyl adjacent to an activating group) is 1. The van der Waals surface area contributed by atoms with Crippen LogP contribution in [0.3, 0.4) is 0 Å². The predicted molar refractivity (Wildman–Crippen MR) is 115 cm³/mol. The summed E-state index contributed by atoms with van der Waals surface area (Å²) in [6.07, 6.45) is 3.35. The molecule has 4 rings (SSSR count). The number of carbonyl (C=O) groups is 1. The molecule has 0 radical (unpaired) electrons. The normalized spacial score (nSPS) is 14.3. The van der Waals surface area contributed by atoms with Crippen molar-refractivity contribution in [3.63, 3.8) is 0 Å². The lowest BCUT2D eigenvalue weighted by Crippen LogP contribution is -2.45. The summed E-state index contributed by atoms with van der Waals surface area (Å²) in [7, 11) is 2.09. The van der Waals surface area contributed by atoms with Crippen LogP contribution in [0.1, 0.15) is 23.1 Å². The fourth-order valence-electron chi connectivity index (χ4n) is 3.10. The minimum absolute atomic E-state index is 0.0843. The van der Waals surface area contributed by atoms with Crippen molar-refractivity contribution in [1.82, 2.24) is 29.8 Å². The number of piperazine rings is 1. The Balaban J connectivity index is 1.58. The van der Waals surface area contributed by atoms with Gasteiger partial charge in [-0.15, -0.1) is 0 Å². The number of anilines is 2. The number of benzene rings is 1. The van der Waals surface area contributed by atoms with Gasteiger partial charge in [0.2, 0.25) is 11.8 Å². The molecular formula is C21H24N8O2. The van der Waals surface area contributed by atoms with E-state index in [9.17, 15) is 4.79 Å². The second kappa shape index (κ2) is 9.43. The van der Waals surface area contributed by atoms with Crippen molar-refractivity contribution in [3.05, 3.63) is 54.2 Å². The predicted octanol–water partition coefficient (Wildman–Crippen LogP) is 2.02. The highest BCUT2D eigenvalue weighted by Gasteiger charge is 2.21. The monoisotopic (exact) mass is 420 g/mol. The first kappa shape index (κ1) is 20.6. The molecule has 0 aliphatic carbocycles. The van der Waals surface area contributed by atoms with Crippen LogP contribution >= 0.6 is 0 Å². The highest BCUT2D eigenvalue weighted by molar-refractivity contribution is 6.05. The van der Waals surface area contributed by atoms with E-state index in [1.165, 1.54) is 12.5 Å².